The average Bonchev–Trinajstić information content (AvgIpc) is 2.37. The third-order valence-corrected chi connectivity index (χ3v) is 2.46. The van der Waals surface area contributed by atoms with E-state index in [4.69, 9.17) is 10.00 Å². The van der Waals surface area contributed by atoms with Gasteiger partial charge in [0.15, 0.2) is 11.6 Å². The molecule has 0 saturated carbocycles. The van der Waals surface area contributed by atoms with Crippen LogP contribution in [-0.4, -0.2) is 0 Å². The molecule has 0 atom stereocenters. The molecule has 0 saturated heterocycles. The summed E-state index contributed by atoms with van der Waals surface area (Å²) in [5.41, 5.74) is 0.955. The molecule has 0 bridgehead atoms. The topological polar surface area (TPSA) is 33.0 Å². The van der Waals surface area contributed by atoms with Gasteiger partial charge in [0.2, 0.25) is 5.82 Å². The predicted molar refractivity (Wildman–Crippen MR) is 62.3 cm³/mol. The highest BCUT2D eigenvalue weighted by Gasteiger charge is 2.13. The van der Waals surface area contributed by atoms with E-state index >= 15 is 0 Å². The van der Waals surface area contributed by atoms with E-state index < -0.39 is 11.6 Å². The molecule has 0 aliphatic heterocycles. The first-order valence-electron chi connectivity index (χ1n) is 5.25. The molecule has 2 aromatic carbocycles. The molecule has 0 spiro atoms. The summed E-state index contributed by atoms with van der Waals surface area (Å²) >= 11 is 0. The minimum absolute atomic E-state index is 0.235. The molecule has 4 heteroatoms. The van der Waals surface area contributed by atoms with E-state index in [2.05, 4.69) is 0 Å². The van der Waals surface area contributed by atoms with Crippen LogP contribution in [-0.2, 0) is 0 Å². The second kappa shape index (κ2) is 4.84. The number of ether oxygens (including phenoxy) is 1. The molecule has 18 heavy (non-hydrogen) atoms. The molecule has 0 unspecified atom stereocenters. The van der Waals surface area contributed by atoms with Gasteiger partial charge in [-0.05, 0) is 30.7 Å². The standard InChI is InChI=1S/C14H9F2NO/c1-9-4-2-5-10(8-17)14(9)18-12-7-3-6-11(15)13(12)16/h2-7H,1H3. The van der Waals surface area contributed by atoms with Crippen molar-refractivity contribution in [1.82, 2.24) is 0 Å². The average molecular weight is 245 g/mol. The Kier molecular flexibility index (Phi) is 3.24. The highest BCUT2D eigenvalue weighted by molar-refractivity contribution is 5.50. The second-order valence-corrected chi connectivity index (χ2v) is 3.72. The number of nitriles is 1. The number of benzene rings is 2. The van der Waals surface area contributed by atoms with Crippen LogP contribution in [0.25, 0.3) is 0 Å². The Morgan fingerprint density at radius 3 is 2.56 bits per heavy atom. The lowest BCUT2D eigenvalue weighted by atomic mass is 10.1. The Labute approximate surface area is 103 Å². The van der Waals surface area contributed by atoms with Crippen molar-refractivity contribution in [2.75, 3.05) is 0 Å². The number of halogens is 2. The van der Waals surface area contributed by atoms with Crippen molar-refractivity contribution < 1.29 is 13.5 Å². The second-order valence-electron chi connectivity index (χ2n) is 3.72. The Hall–Kier alpha value is -2.41. The molecule has 2 nitrogen and oxygen atoms in total. The van der Waals surface area contributed by atoms with Gasteiger partial charge in [-0.1, -0.05) is 18.2 Å². The number of rotatable bonds is 2. The summed E-state index contributed by atoms with van der Waals surface area (Å²) < 4.78 is 31.8. The van der Waals surface area contributed by atoms with Crippen LogP contribution in [0.1, 0.15) is 11.1 Å². The van der Waals surface area contributed by atoms with Crippen LogP contribution in [0.5, 0.6) is 11.5 Å². The molecule has 0 amide bonds. The largest absolute Gasteiger partial charge is 0.452 e. The minimum Gasteiger partial charge on any atom is -0.452 e. The minimum atomic E-state index is -1.07. The van der Waals surface area contributed by atoms with Gasteiger partial charge in [-0.25, -0.2) is 4.39 Å². The molecule has 0 heterocycles. The highest BCUT2D eigenvalue weighted by atomic mass is 19.2. The highest BCUT2D eigenvalue weighted by Crippen LogP contribution is 2.30. The summed E-state index contributed by atoms with van der Waals surface area (Å²) in [6.07, 6.45) is 0. The maximum absolute atomic E-state index is 13.5. The first-order chi connectivity index (χ1) is 8.63. The molecule has 0 N–H and O–H groups in total. The number of aryl methyl sites for hydroxylation is 1. The van der Waals surface area contributed by atoms with Crippen molar-refractivity contribution in [3.63, 3.8) is 0 Å². The lowest BCUT2D eigenvalue weighted by Crippen LogP contribution is -1.95. The Morgan fingerprint density at radius 2 is 1.83 bits per heavy atom. The van der Waals surface area contributed by atoms with Crippen LogP contribution in [0.3, 0.4) is 0 Å². The van der Waals surface area contributed by atoms with Gasteiger partial charge in [-0.3, -0.25) is 0 Å². The van der Waals surface area contributed by atoms with Crippen LogP contribution in [0, 0.1) is 29.9 Å². The van der Waals surface area contributed by atoms with E-state index in [0.29, 0.717) is 5.56 Å². The van der Waals surface area contributed by atoms with Crippen LogP contribution >= 0.6 is 0 Å². The summed E-state index contributed by atoms with van der Waals surface area (Å²) in [6.45, 7) is 1.73. The molecular weight excluding hydrogens is 236 g/mol. The zero-order chi connectivity index (χ0) is 13.1. The van der Waals surface area contributed by atoms with Crippen molar-refractivity contribution in [2.45, 2.75) is 6.92 Å². The van der Waals surface area contributed by atoms with E-state index in [1.807, 2.05) is 6.07 Å². The summed E-state index contributed by atoms with van der Waals surface area (Å²) in [6, 6.07) is 10.6. The van der Waals surface area contributed by atoms with E-state index in [1.165, 1.54) is 12.1 Å². The maximum atomic E-state index is 13.5. The van der Waals surface area contributed by atoms with E-state index in [1.54, 1.807) is 25.1 Å². The number of para-hydroxylation sites is 1. The molecule has 0 fully saturated rings. The van der Waals surface area contributed by atoms with E-state index in [9.17, 15) is 8.78 Å². The van der Waals surface area contributed by atoms with E-state index in [0.717, 1.165) is 6.07 Å². The first-order valence-corrected chi connectivity index (χ1v) is 5.25. The third-order valence-electron chi connectivity index (χ3n) is 2.46. The Balaban J connectivity index is 2.47. The smallest absolute Gasteiger partial charge is 0.201 e. The number of nitrogens with zero attached hydrogens (tertiary/aromatic N) is 1. The van der Waals surface area contributed by atoms with Crippen molar-refractivity contribution >= 4 is 0 Å². The van der Waals surface area contributed by atoms with Crippen molar-refractivity contribution in [2.24, 2.45) is 0 Å². The van der Waals surface area contributed by atoms with Gasteiger partial charge in [0, 0.05) is 0 Å². The summed E-state index contributed by atoms with van der Waals surface area (Å²) in [5.74, 6) is -2.05. The third kappa shape index (κ3) is 2.16. The fourth-order valence-corrected chi connectivity index (χ4v) is 1.55. The summed E-state index contributed by atoms with van der Waals surface area (Å²) in [7, 11) is 0. The van der Waals surface area contributed by atoms with Crippen LogP contribution < -0.4 is 4.74 Å². The lowest BCUT2D eigenvalue weighted by molar-refractivity contribution is 0.413. The van der Waals surface area contributed by atoms with Gasteiger partial charge in [0.25, 0.3) is 0 Å². The molecule has 0 aliphatic carbocycles. The SMILES string of the molecule is Cc1cccc(C#N)c1Oc1cccc(F)c1F. The fourth-order valence-electron chi connectivity index (χ4n) is 1.55. The fraction of sp³-hybridized carbons (Fsp3) is 0.0714. The van der Waals surface area contributed by atoms with Crippen LogP contribution in [0.15, 0.2) is 36.4 Å². The molecule has 90 valence electrons. The normalized spacial score (nSPS) is 9.89. The quantitative estimate of drug-likeness (QED) is 0.802. The zero-order valence-corrected chi connectivity index (χ0v) is 9.58. The molecular formula is C14H9F2NO. The van der Waals surface area contributed by atoms with Crippen LogP contribution in [0.4, 0.5) is 8.78 Å². The summed E-state index contributed by atoms with van der Waals surface area (Å²) in [4.78, 5) is 0. The van der Waals surface area contributed by atoms with Crippen molar-refractivity contribution in [3.8, 4) is 17.6 Å². The Morgan fingerprint density at radius 1 is 1.11 bits per heavy atom. The van der Waals surface area contributed by atoms with Crippen LogP contribution in [0.2, 0.25) is 0 Å². The van der Waals surface area contributed by atoms with Gasteiger partial charge in [-0.15, -0.1) is 0 Å². The summed E-state index contributed by atoms with van der Waals surface area (Å²) in [5, 5.41) is 8.95. The molecule has 2 aromatic rings. The predicted octanol–water partition coefficient (Wildman–Crippen LogP) is 3.94. The van der Waals surface area contributed by atoms with Crippen molar-refractivity contribution in [1.29, 1.82) is 5.26 Å². The monoisotopic (exact) mass is 245 g/mol. The first kappa shape index (κ1) is 12.1. The number of hydrogen-bond acceptors (Lipinski definition) is 2. The zero-order valence-electron chi connectivity index (χ0n) is 9.58. The molecule has 0 aromatic heterocycles. The lowest BCUT2D eigenvalue weighted by Gasteiger charge is -2.10. The molecule has 2 rings (SSSR count). The van der Waals surface area contributed by atoms with Gasteiger partial charge in [0.1, 0.15) is 11.8 Å². The Bertz CT molecular complexity index is 632. The van der Waals surface area contributed by atoms with Gasteiger partial charge in [-0.2, -0.15) is 9.65 Å². The van der Waals surface area contributed by atoms with Gasteiger partial charge < -0.3 is 4.74 Å². The molecule has 0 aliphatic rings. The van der Waals surface area contributed by atoms with Gasteiger partial charge in [0.05, 0.1) is 5.56 Å². The maximum Gasteiger partial charge on any atom is 0.201 e. The number of hydrogen-bond donors (Lipinski definition) is 0. The van der Waals surface area contributed by atoms with Crippen molar-refractivity contribution in [3.05, 3.63) is 59.2 Å². The molecule has 0 radical (unpaired) electrons. The van der Waals surface area contributed by atoms with E-state index in [-0.39, 0.29) is 17.1 Å². The van der Waals surface area contributed by atoms with Gasteiger partial charge >= 0.3 is 0 Å².